The summed E-state index contributed by atoms with van der Waals surface area (Å²) in [7, 11) is 0. The number of ether oxygens (including phenoxy) is 1. The summed E-state index contributed by atoms with van der Waals surface area (Å²) in [4.78, 5) is 2.46. The zero-order chi connectivity index (χ0) is 17.1. The summed E-state index contributed by atoms with van der Waals surface area (Å²) < 4.78 is 5.65. The largest absolute Gasteiger partial charge is 0.490 e. The Balaban J connectivity index is 1.92. The third-order valence-electron chi connectivity index (χ3n) is 4.27. The third-order valence-corrected chi connectivity index (χ3v) is 4.84. The van der Waals surface area contributed by atoms with Gasteiger partial charge in [0.2, 0.25) is 0 Å². The maximum atomic E-state index is 6.39. The lowest BCUT2D eigenvalue weighted by Crippen LogP contribution is -2.31. The topological polar surface area (TPSA) is 41.1 Å². The summed E-state index contributed by atoms with van der Waals surface area (Å²) in [6.07, 6.45) is 3.07. The van der Waals surface area contributed by atoms with Crippen LogP contribution in [0.15, 0.2) is 12.1 Å². The van der Waals surface area contributed by atoms with Crippen molar-refractivity contribution < 1.29 is 4.74 Å². The van der Waals surface area contributed by atoms with Crippen molar-refractivity contribution in [1.82, 2.24) is 15.1 Å². The number of hydrogen-bond acceptors (Lipinski definition) is 3. The summed E-state index contributed by atoms with van der Waals surface area (Å²) >= 11 is 12.8. The van der Waals surface area contributed by atoms with Crippen molar-refractivity contribution in [3.63, 3.8) is 0 Å². The first-order valence-electron chi connectivity index (χ1n) is 8.54. The molecular weight excluding hydrogens is 345 g/mol. The Morgan fingerprint density at radius 2 is 1.96 bits per heavy atom. The number of benzene rings is 1. The first-order valence-corrected chi connectivity index (χ1v) is 9.30. The summed E-state index contributed by atoms with van der Waals surface area (Å²) in [6, 6.07) is 3.79. The fourth-order valence-electron chi connectivity index (χ4n) is 3.14. The smallest absolute Gasteiger partial charge is 0.156 e. The molecule has 1 aromatic carbocycles. The van der Waals surface area contributed by atoms with Gasteiger partial charge < -0.3 is 4.74 Å². The van der Waals surface area contributed by atoms with Crippen LogP contribution < -0.4 is 4.74 Å². The van der Waals surface area contributed by atoms with Crippen molar-refractivity contribution in [2.45, 2.75) is 39.7 Å². The normalized spacial score (nSPS) is 14.7. The van der Waals surface area contributed by atoms with E-state index < -0.39 is 0 Å². The van der Waals surface area contributed by atoms with Gasteiger partial charge in [0, 0.05) is 36.3 Å². The molecule has 6 heteroatoms. The van der Waals surface area contributed by atoms with E-state index in [2.05, 4.69) is 22.0 Å². The first-order chi connectivity index (χ1) is 11.6. The molecular formula is C18H23Cl2N3O. The minimum Gasteiger partial charge on any atom is -0.490 e. The van der Waals surface area contributed by atoms with Crippen molar-refractivity contribution in [3.05, 3.63) is 33.4 Å². The molecule has 1 N–H and O–H groups in total. The minimum atomic E-state index is 0.531. The number of nitrogens with zero attached hydrogens (tertiary/aromatic N) is 2. The van der Waals surface area contributed by atoms with Crippen molar-refractivity contribution in [3.8, 4) is 17.0 Å². The SMILES string of the molecule is CCCOc1c(Cl)cc(-c2n[nH]c3c2CN(CCC)CC3)cc1Cl. The molecule has 4 nitrogen and oxygen atoms in total. The molecule has 24 heavy (non-hydrogen) atoms. The lowest BCUT2D eigenvalue weighted by Gasteiger charge is -2.26. The number of H-pyrrole nitrogens is 1. The molecule has 3 rings (SSSR count). The Morgan fingerprint density at radius 3 is 2.62 bits per heavy atom. The van der Waals surface area contributed by atoms with Crippen molar-refractivity contribution in [1.29, 1.82) is 0 Å². The number of fused-ring (bicyclic) bond motifs is 1. The molecule has 0 saturated carbocycles. The van der Waals surface area contributed by atoms with Crippen molar-refractivity contribution in [2.75, 3.05) is 19.7 Å². The molecule has 0 saturated heterocycles. The summed E-state index contributed by atoms with van der Waals surface area (Å²) in [5.74, 6) is 0.556. The number of halogens is 2. The second-order valence-corrected chi connectivity index (χ2v) is 6.99. The Morgan fingerprint density at radius 1 is 1.21 bits per heavy atom. The van der Waals surface area contributed by atoms with E-state index in [-0.39, 0.29) is 0 Å². The van der Waals surface area contributed by atoms with E-state index in [1.807, 2.05) is 19.1 Å². The number of nitrogens with one attached hydrogen (secondary N) is 1. The standard InChI is InChI=1S/C18H23Cl2N3O/c1-3-6-23-7-5-16-13(11-23)17(22-21-16)12-9-14(19)18(15(20)10-12)24-8-4-2/h9-10H,3-8,11H2,1-2H3,(H,21,22). The van der Waals surface area contributed by atoms with E-state index in [4.69, 9.17) is 27.9 Å². The van der Waals surface area contributed by atoms with Gasteiger partial charge in [0.05, 0.1) is 22.3 Å². The predicted molar refractivity (Wildman–Crippen MR) is 99.1 cm³/mol. The van der Waals surface area contributed by atoms with Crippen LogP contribution in [-0.4, -0.2) is 34.8 Å². The van der Waals surface area contributed by atoms with Crippen LogP contribution in [-0.2, 0) is 13.0 Å². The van der Waals surface area contributed by atoms with Crippen LogP contribution in [0.1, 0.15) is 37.9 Å². The molecule has 1 aliphatic rings. The molecule has 0 unspecified atom stereocenters. The molecule has 0 fully saturated rings. The molecule has 1 aromatic heterocycles. The fourth-order valence-corrected chi connectivity index (χ4v) is 3.73. The zero-order valence-corrected chi connectivity index (χ0v) is 15.7. The molecule has 0 radical (unpaired) electrons. The number of hydrogen-bond donors (Lipinski definition) is 1. The summed E-state index contributed by atoms with van der Waals surface area (Å²) in [6.45, 7) is 7.96. The molecule has 0 atom stereocenters. The Hall–Kier alpha value is -1.23. The predicted octanol–water partition coefficient (Wildman–Crippen LogP) is 4.94. The van der Waals surface area contributed by atoms with Gasteiger partial charge in [0.15, 0.2) is 5.75 Å². The fraction of sp³-hybridized carbons (Fsp3) is 0.500. The van der Waals surface area contributed by atoms with Gasteiger partial charge in [-0.2, -0.15) is 5.10 Å². The Labute approximate surface area is 153 Å². The van der Waals surface area contributed by atoms with Gasteiger partial charge in [-0.05, 0) is 31.5 Å². The molecule has 2 heterocycles. The quantitative estimate of drug-likeness (QED) is 0.785. The highest BCUT2D eigenvalue weighted by molar-refractivity contribution is 6.37. The van der Waals surface area contributed by atoms with Crippen LogP contribution in [0.4, 0.5) is 0 Å². The maximum absolute atomic E-state index is 6.39. The molecule has 2 aromatic rings. The van der Waals surface area contributed by atoms with E-state index in [1.54, 1.807) is 0 Å². The van der Waals surface area contributed by atoms with Crippen LogP contribution in [0.5, 0.6) is 5.75 Å². The van der Waals surface area contributed by atoms with Gasteiger partial charge in [0.25, 0.3) is 0 Å². The second-order valence-electron chi connectivity index (χ2n) is 6.17. The van der Waals surface area contributed by atoms with Crippen molar-refractivity contribution in [2.24, 2.45) is 0 Å². The van der Waals surface area contributed by atoms with Crippen LogP contribution in [0, 0.1) is 0 Å². The van der Waals surface area contributed by atoms with Gasteiger partial charge in [-0.3, -0.25) is 10.00 Å². The highest BCUT2D eigenvalue weighted by Gasteiger charge is 2.23. The Kier molecular flexibility index (Phi) is 5.69. The number of aromatic nitrogens is 2. The highest BCUT2D eigenvalue weighted by Crippen LogP contribution is 2.39. The third kappa shape index (κ3) is 3.56. The first kappa shape index (κ1) is 17.6. The molecule has 130 valence electrons. The van der Waals surface area contributed by atoms with Gasteiger partial charge in [-0.1, -0.05) is 37.0 Å². The van der Waals surface area contributed by atoms with E-state index in [0.29, 0.717) is 22.4 Å². The van der Waals surface area contributed by atoms with E-state index >= 15 is 0 Å². The number of aromatic amines is 1. The van der Waals surface area contributed by atoms with E-state index in [1.165, 1.54) is 11.3 Å². The van der Waals surface area contributed by atoms with Gasteiger partial charge in [-0.15, -0.1) is 0 Å². The van der Waals surface area contributed by atoms with Crippen molar-refractivity contribution >= 4 is 23.2 Å². The number of rotatable bonds is 6. The lowest BCUT2D eigenvalue weighted by atomic mass is 10.0. The average Bonchev–Trinajstić information content (AvgIpc) is 2.97. The van der Waals surface area contributed by atoms with Gasteiger partial charge in [0.1, 0.15) is 0 Å². The van der Waals surface area contributed by atoms with E-state index in [0.717, 1.165) is 50.2 Å². The van der Waals surface area contributed by atoms with Crippen LogP contribution in [0.25, 0.3) is 11.3 Å². The summed E-state index contributed by atoms with van der Waals surface area (Å²) in [5, 5.41) is 8.77. The van der Waals surface area contributed by atoms with Crippen LogP contribution >= 0.6 is 23.2 Å². The molecule has 0 bridgehead atoms. The molecule has 0 aliphatic carbocycles. The maximum Gasteiger partial charge on any atom is 0.156 e. The Bertz CT molecular complexity index is 691. The monoisotopic (exact) mass is 367 g/mol. The molecule has 0 spiro atoms. The molecule has 1 aliphatic heterocycles. The van der Waals surface area contributed by atoms with E-state index in [9.17, 15) is 0 Å². The summed E-state index contributed by atoms with van der Waals surface area (Å²) in [5.41, 5.74) is 4.35. The van der Waals surface area contributed by atoms with Gasteiger partial charge >= 0.3 is 0 Å². The zero-order valence-electron chi connectivity index (χ0n) is 14.2. The highest BCUT2D eigenvalue weighted by atomic mass is 35.5. The average molecular weight is 368 g/mol. The second kappa shape index (κ2) is 7.77. The lowest BCUT2D eigenvalue weighted by molar-refractivity contribution is 0.254. The van der Waals surface area contributed by atoms with Crippen LogP contribution in [0.3, 0.4) is 0 Å². The molecule has 0 amide bonds. The van der Waals surface area contributed by atoms with Gasteiger partial charge in [-0.25, -0.2) is 0 Å². The minimum absolute atomic E-state index is 0.531. The van der Waals surface area contributed by atoms with Crippen LogP contribution in [0.2, 0.25) is 10.0 Å².